The van der Waals surface area contributed by atoms with Crippen molar-refractivity contribution in [3.8, 4) is 17.2 Å². The Bertz CT molecular complexity index is 1020. The second-order valence-electron chi connectivity index (χ2n) is 7.25. The number of ether oxygens (including phenoxy) is 2. The lowest BCUT2D eigenvalue weighted by Crippen LogP contribution is -2.16. The van der Waals surface area contributed by atoms with Gasteiger partial charge in [-0.3, -0.25) is 0 Å². The Morgan fingerprint density at radius 3 is 2.26 bits per heavy atom. The lowest BCUT2D eigenvalue weighted by atomic mass is 10.1. The number of hydrogen-bond acceptors (Lipinski definition) is 7. The first kappa shape index (κ1) is 29.1. The number of nitrogens with one attached hydrogen (secondary N) is 1. The molecule has 1 atom stereocenters. The molecule has 0 aromatic heterocycles. The van der Waals surface area contributed by atoms with Crippen LogP contribution in [0.2, 0.25) is 0 Å². The van der Waals surface area contributed by atoms with Crippen LogP contribution in [-0.2, 0) is 16.0 Å². The zero-order valence-electron chi connectivity index (χ0n) is 20.1. The van der Waals surface area contributed by atoms with Crippen LogP contribution in [0.5, 0.6) is 17.2 Å². The Kier molecular flexibility index (Phi) is 14.6. The van der Waals surface area contributed by atoms with E-state index in [0.717, 1.165) is 29.8 Å². The minimum absolute atomic E-state index is 0.0438. The fourth-order valence-corrected chi connectivity index (χ4v) is 3.09. The van der Waals surface area contributed by atoms with Crippen molar-refractivity contribution in [1.29, 1.82) is 0 Å². The van der Waals surface area contributed by atoms with E-state index in [1.165, 1.54) is 12.7 Å². The van der Waals surface area contributed by atoms with Crippen molar-refractivity contribution in [3.05, 3.63) is 96.1 Å². The van der Waals surface area contributed by atoms with E-state index in [-0.39, 0.29) is 24.6 Å². The molecule has 0 spiro atoms. The van der Waals surface area contributed by atoms with Gasteiger partial charge in [-0.1, -0.05) is 61.2 Å². The second-order valence-corrected chi connectivity index (χ2v) is 7.25. The van der Waals surface area contributed by atoms with Crippen LogP contribution in [0, 0.1) is 0 Å². The molecule has 0 saturated carbocycles. The van der Waals surface area contributed by atoms with E-state index in [1.807, 2.05) is 49.5 Å². The Morgan fingerprint density at radius 2 is 1.71 bits per heavy atom. The molecule has 0 heterocycles. The highest BCUT2D eigenvalue weighted by atomic mass is 16.5. The normalized spacial score (nSPS) is 10.4. The third-order valence-electron chi connectivity index (χ3n) is 4.87. The lowest BCUT2D eigenvalue weighted by molar-refractivity contribution is -0.191. The molecule has 3 rings (SSSR count). The van der Waals surface area contributed by atoms with Crippen LogP contribution in [0.1, 0.15) is 29.2 Å². The molecule has 0 fully saturated rings. The molecule has 3 N–H and O–H groups in total. The number of aliphatic hydroxyl groups is 1. The SMILES string of the molecule is C=Cc1ccc(O)c(OC)c1.CNCCC(Oc1ccc(CCO)cc1)c1ccccc1.O=C=O. The van der Waals surface area contributed by atoms with Crippen molar-refractivity contribution in [2.45, 2.75) is 18.9 Å². The van der Waals surface area contributed by atoms with Gasteiger partial charge in [0.25, 0.3) is 0 Å². The molecule has 7 nitrogen and oxygen atoms in total. The van der Waals surface area contributed by atoms with Crippen LogP contribution in [0.15, 0.2) is 79.4 Å². The molecule has 0 bridgehead atoms. The van der Waals surface area contributed by atoms with E-state index in [1.54, 1.807) is 24.3 Å². The van der Waals surface area contributed by atoms with Gasteiger partial charge in [0.05, 0.1) is 7.11 Å². The fraction of sp³-hybridized carbons (Fsp3) is 0.250. The summed E-state index contributed by atoms with van der Waals surface area (Å²) in [4.78, 5) is 16.2. The van der Waals surface area contributed by atoms with Crippen LogP contribution in [0.4, 0.5) is 0 Å². The van der Waals surface area contributed by atoms with Crippen molar-refractivity contribution in [2.24, 2.45) is 0 Å². The van der Waals surface area contributed by atoms with Crippen LogP contribution in [0.25, 0.3) is 6.08 Å². The maximum Gasteiger partial charge on any atom is 0.373 e. The van der Waals surface area contributed by atoms with Crippen molar-refractivity contribution in [3.63, 3.8) is 0 Å². The molecular formula is C28H33NO6. The molecule has 0 aliphatic heterocycles. The van der Waals surface area contributed by atoms with Gasteiger partial charge in [0.2, 0.25) is 0 Å². The Labute approximate surface area is 206 Å². The van der Waals surface area contributed by atoms with Gasteiger partial charge in [-0.05, 0) is 61.0 Å². The first-order valence-electron chi connectivity index (χ1n) is 11.1. The molecule has 186 valence electrons. The number of benzene rings is 3. The summed E-state index contributed by atoms with van der Waals surface area (Å²) >= 11 is 0. The van der Waals surface area contributed by atoms with E-state index in [4.69, 9.17) is 24.2 Å². The Hall–Kier alpha value is -3.90. The van der Waals surface area contributed by atoms with Gasteiger partial charge in [0.1, 0.15) is 11.9 Å². The van der Waals surface area contributed by atoms with Crippen molar-refractivity contribution < 1.29 is 29.3 Å². The Morgan fingerprint density at radius 1 is 1.06 bits per heavy atom. The van der Waals surface area contributed by atoms with Gasteiger partial charge in [0, 0.05) is 13.0 Å². The summed E-state index contributed by atoms with van der Waals surface area (Å²) in [5.74, 6) is 1.49. The summed E-state index contributed by atoms with van der Waals surface area (Å²) in [5, 5.41) is 21.3. The predicted octanol–water partition coefficient (Wildman–Crippen LogP) is 4.41. The maximum absolute atomic E-state index is 9.17. The van der Waals surface area contributed by atoms with Crippen molar-refractivity contribution >= 4 is 12.2 Å². The molecule has 3 aromatic carbocycles. The molecular weight excluding hydrogens is 446 g/mol. The highest BCUT2D eigenvalue weighted by molar-refractivity contribution is 5.53. The lowest BCUT2D eigenvalue weighted by Gasteiger charge is -2.20. The van der Waals surface area contributed by atoms with Crippen LogP contribution >= 0.6 is 0 Å². The molecule has 0 saturated heterocycles. The molecule has 3 aromatic rings. The predicted molar refractivity (Wildman–Crippen MR) is 135 cm³/mol. The number of phenolic OH excluding ortho intramolecular Hbond substituents is 1. The van der Waals surface area contributed by atoms with E-state index >= 15 is 0 Å². The number of hydrogen-bond donors (Lipinski definition) is 3. The summed E-state index contributed by atoms with van der Waals surface area (Å²) < 4.78 is 11.0. The van der Waals surface area contributed by atoms with Gasteiger partial charge in [0.15, 0.2) is 11.5 Å². The highest BCUT2D eigenvalue weighted by Crippen LogP contribution is 2.26. The Balaban J connectivity index is 0.000000366. The minimum Gasteiger partial charge on any atom is -0.504 e. The summed E-state index contributed by atoms with van der Waals surface area (Å²) in [5.41, 5.74) is 3.24. The number of methoxy groups -OCH3 is 1. The summed E-state index contributed by atoms with van der Waals surface area (Å²) in [6.07, 6.45) is 3.59. The second kappa shape index (κ2) is 17.6. The third kappa shape index (κ3) is 11.2. The first-order valence-corrected chi connectivity index (χ1v) is 11.1. The highest BCUT2D eigenvalue weighted by Gasteiger charge is 2.12. The summed E-state index contributed by atoms with van der Waals surface area (Å²) in [6, 6.07) is 23.3. The summed E-state index contributed by atoms with van der Waals surface area (Å²) in [7, 11) is 3.47. The number of aliphatic hydroxyl groups excluding tert-OH is 1. The zero-order valence-corrected chi connectivity index (χ0v) is 20.1. The van der Waals surface area contributed by atoms with E-state index in [9.17, 15) is 5.11 Å². The maximum atomic E-state index is 9.17. The number of aromatic hydroxyl groups is 1. The molecule has 0 amide bonds. The largest absolute Gasteiger partial charge is 0.504 e. The van der Waals surface area contributed by atoms with Crippen molar-refractivity contribution in [1.82, 2.24) is 5.32 Å². The van der Waals surface area contributed by atoms with E-state index in [2.05, 4.69) is 24.0 Å². The molecule has 7 heteroatoms. The minimum atomic E-state index is 0.0438. The van der Waals surface area contributed by atoms with Crippen LogP contribution in [0.3, 0.4) is 0 Å². The molecule has 35 heavy (non-hydrogen) atoms. The standard InChI is InChI=1S/C18H23NO2.C9H10O2.CO2/c1-19-13-11-18(16-5-3-2-4-6-16)21-17-9-7-15(8-10-17)12-14-20;1-3-7-4-5-8(10)9(6-7)11-2;2-1-3/h2-10,18-20H,11-14H2,1H3;3-6,10H,1H2,2H3;. The van der Waals surface area contributed by atoms with E-state index < -0.39 is 0 Å². The number of carbonyl (C=O) groups excluding carboxylic acids is 2. The number of rotatable bonds is 10. The van der Waals surface area contributed by atoms with Gasteiger partial charge in [-0.2, -0.15) is 9.59 Å². The topological polar surface area (TPSA) is 105 Å². The first-order chi connectivity index (χ1) is 17.0. The average Bonchev–Trinajstić information content (AvgIpc) is 2.89. The van der Waals surface area contributed by atoms with Crippen molar-refractivity contribution in [2.75, 3.05) is 27.3 Å². The van der Waals surface area contributed by atoms with Gasteiger partial charge < -0.3 is 25.0 Å². The van der Waals surface area contributed by atoms with E-state index in [0.29, 0.717) is 12.2 Å². The van der Waals surface area contributed by atoms with Crippen LogP contribution < -0.4 is 14.8 Å². The van der Waals surface area contributed by atoms with Crippen LogP contribution in [-0.4, -0.2) is 43.7 Å². The molecule has 0 aliphatic carbocycles. The number of phenols is 1. The van der Waals surface area contributed by atoms with Gasteiger partial charge in [-0.15, -0.1) is 0 Å². The zero-order chi connectivity index (χ0) is 25.9. The molecule has 0 aliphatic rings. The monoisotopic (exact) mass is 479 g/mol. The molecule has 0 radical (unpaired) electrons. The smallest absolute Gasteiger partial charge is 0.373 e. The fourth-order valence-electron chi connectivity index (χ4n) is 3.09. The average molecular weight is 480 g/mol. The van der Waals surface area contributed by atoms with Gasteiger partial charge >= 0.3 is 6.15 Å². The quantitative estimate of drug-likeness (QED) is 0.396. The van der Waals surface area contributed by atoms with Gasteiger partial charge in [-0.25, -0.2) is 0 Å². The molecule has 1 unspecified atom stereocenters. The third-order valence-corrected chi connectivity index (χ3v) is 4.87. The summed E-state index contributed by atoms with van der Waals surface area (Å²) in [6.45, 7) is 4.68.